The van der Waals surface area contributed by atoms with E-state index in [1.165, 1.54) is 36.4 Å². The van der Waals surface area contributed by atoms with Gasteiger partial charge < -0.3 is 31.5 Å². The minimum Gasteiger partial charge on any atom is -0.390 e. The maximum atomic E-state index is 16.3. The van der Waals surface area contributed by atoms with E-state index in [-0.39, 0.29) is 71.0 Å². The van der Waals surface area contributed by atoms with Crippen molar-refractivity contribution < 1.29 is 37.4 Å². The molecule has 6 N–H and O–H groups in total. The zero-order valence-electron chi connectivity index (χ0n) is 39.4. The van der Waals surface area contributed by atoms with Crippen molar-refractivity contribution in [2.75, 3.05) is 26.2 Å². The van der Waals surface area contributed by atoms with Crippen LogP contribution < -0.4 is 11.5 Å². The molecule has 2 saturated heterocycles. The Balaban J connectivity index is 1.05. The van der Waals surface area contributed by atoms with Crippen molar-refractivity contribution in [1.29, 1.82) is 0 Å². The molecule has 2 heterocycles. The Morgan fingerprint density at radius 2 is 1.11 bits per heavy atom. The molecule has 0 bridgehead atoms. The topological polar surface area (TPSA) is 150 Å². The Labute approximate surface area is 404 Å². The summed E-state index contributed by atoms with van der Waals surface area (Å²) in [7, 11) is 0. The third-order valence-corrected chi connectivity index (χ3v) is 12.7. The normalized spacial score (nSPS) is 16.5. The predicted molar refractivity (Wildman–Crippen MR) is 264 cm³/mol. The third kappa shape index (κ3) is 11.0. The van der Waals surface area contributed by atoms with Crippen LogP contribution in [0.25, 0.3) is 49.4 Å². The minimum atomic E-state index is -1.07. The van der Waals surface area contributed by atoms with Crippen LogP contribution in [0, 0.1) is 29.8 Å². The SMILES string of the molecule is [C-]#[N+]c1ccc(-c2cc(C(=O)N3CC[C@H](N=C(N)c4ccc(-c5cc(C(=O)N6CC[C@H](N)C6)ccc5-c5ccc(CC(C)(C)O)cc5F)cc4F)C3)ccc2-c2ccc(CC(C)(C)O)cc2F)cc1F. The van der Waals surface area contributed by atoms with Gasteiger partial charge in [-0.15, -0.1) is 0 Å². The zero-order valence-corrected chi connectivity index (χ0v) is 39.4. The number of rotatable bonds is 12. The molecule has 2 fully saturated rings. The van der Waals surface area contributed by atoms with Crippen LogP contribution in [0.15, 0.2) is 114 Å². The smallest absolute Gasteiger partial charge is 0.253 e. The lowest BCUT2D eigenvalue weighted by atomic mass is 9.90. The second kappa shape index (κ2) is 19.7. The Morgan fingerprint density at radius 3 is 1.57 bits per heavy atom. The zero-order chi connectivity index (χ0) is 50.2. The molecule has 8 rings (SSSR count). The first-order chi connectivity index (χ1) is 33.1. The summed E-state index contributed by atoms with van der Waals surface area (Å²) in [4.78, 5) is 38.8. The van der Waals surface area contributed by atoms with Gasteiger partial charge >= 0.3 is 0 Å². The van der Waals surface area contributed by atoms with Crippen LogP contribution in [0.1, 0.15) is 77.9 Å². The average Bonchev–Trinajstić information content (AvgIpc) is 3.96. The van der Waals surface area contributed by atoms with Crippen LogP contribution in [0.4, 0.5) is 23.2 Å². The summed E-state index contributed by atoms with van der Waals surface area (Å²) in [6.07, 6.45) is 1.51. The summed E-state index contributed by atoms with van der Waals surface area (Å²) in [5.41, 5.74) is 14.7. The molecule has 10 nitrogen and oxygen atoms in total. The number of amidine groups is 1. The van der Waals surface area contributed by atoms with Gasteiger partial charge in [0.15, 0.2) is 0 Å². The predicted octanol–water partition coefficient (Wildman–Crippen LogP) is 9.88. The van der Waals surface area contributed by atoms with E-state index < -0.39 is 40.5 Å². The number of hydrogen-bond donors (Lipinski definition) is 4. The number of hydrogen-bond acceptors (Lipinski definition) is 6. The number of benzene rings is 6. The van der Waals surface area contributed by atoms with Gasteiger partial charge in [0.25, 0.3) is 11.8 Å². The quantitative estimate of drug-likeness (QED) is 0.0416. The monoisotopic (exact) mass is 950 g/mol. The van der Waals surface area contributed by atoms with Crippen molar-refractivity contribution in [1.82, 2.24) is 9.80 Å². The molecule has 0 aromatic heterocycles. The van der Waals surface area contributed by atoms with Crippen molar-refractivity contribution in [2.24, 2.45) is 16.5 Å². The summed E-state index contributed by atoms with van der Waals surface area (Å²) in [5, 5.41) is 20.6. The van der Waals surface area contributed by atoms with E-state index in [4.69, 9.17) is 18.0 Å². The molecule has 2 aliphatic rings. The highest BCUT2D eigenvalue weighted by molar-refractivity contribution is 6.01. The largest absolute Gasteiger partial charge is 0.390 e. The van der Waals surface area contributed by atoms with Gasteiger partial charge in [-0.3, -0.25) is 14.6 Å². The number of carbonyl (C=O) groups is 2. The van der Waals surface area contributed by atoms with Gasteiger partial charge in [0.1, 0.15) is 29.1 Å². The fourth-order valence-electron chi connectivity index (χ4n) is 9.37. The summed E-state index contributed by atoms with van der Waals surface area (Å²) >= 11 is 0. The first kappa shape index (κ1) is 49.2. The number of aliphatic hydroxyl groups is 2. The molecule has 6 aromatic rings. The van der Waals surface area contributed by atoms with Gasteiger partial charge in [-0.25, -0.2) is 22.4 Å². The molecule has 2 amide bonds. The van der Waals surface area contributed by atoms with Crippen molar-refractivity contribution in [2.45, 2.75) is 76.7 Å². The second-order valence-electron chi connectivity index (χ2n) is 19.6. The van der Waals surface area contributed by atoms with Crippen molar-refractivity contribution in [3.63, 3.8) is 0 Å². The maximum Gasteiger partial charge on any atom is 0.253 e. The van der Waals surface area contributed by atoms with Gasteiger partial charge in [0, 0.05) is 67.3 Å². The summed E-state index contributed by atoms with van der Waals surface area (Å²) in [5.74, 6) is -3.32. The molecule has 14 heteroatoms. The maximum absolute atomic E-state index is 16.3. The molecule has 360 valence electrons. The van der Waals surface area contributed by atoms with E-state index in [9.17, 15) is 19.8 Å². The second-order valence-corrected chi connectivity index (χ2v) is 19.6. The van der Waals surface area contributed by atoms with Gasteiger partial charge in [-0.05, 0) is 140 Å². The van der Waals surface area contributed by atoms with E-state index in [2.05, 4.69) is 9.84 Å². The fraction of sp³-hybridized carbons (Fsp3) is 0.286. The van der Waals surface area contributed by atoms with E-state index in [1.54, 1.807) is 110 Å². The number of nitrogens with zero attached hydrogens (tertiary/aromatic N) is 4. The summed E-state index contributed by atoms with van der Waals surface area (Å²) in [6.45, 7) is 15.1. The highest BCUT2D eigenvalue weighted by Crippen LogP contribution is 2.39. The average molecular weight is 951 g/mol. The lowest BCUT2D eigenvalue weighted by Crippen LogP contribution is -2.31. The van der Waals surface area contributed by atoms with Gasteiger partial charge in [0.05, 0.1) is 29.4 Å². The molecule has 0 spiro atoms. The number of nitrogens with two attached hydrogens (primary N) is 2. The molecule has 0 radical (unpaired) electrons. The Bertz CT molecular complexity index is 3100. The molecule has 2 atom stereocenters. The van der Waals surface area contributed by atoms with E-state index >= 15 is 17.6 Å². The van der Waals surface area contributed by atoms with Crippen LogP contribution in [-0.2, 0) is 12.8 Å². The Morgan fingerprint density at radius 1 is 0.629 bits per heavy atom. The fourth-order valence-corrected chi connectivity index (χ4v) is 9.37. The van der Waals surface area contributed by atoms with Crippen molar-refractivity contribution in [3.8, 4) is 44.5 Å². The standard InChI is InChI=1S/C56H54F4N6O4/c1-55(2,69)28-32-6-12-42(47(57)22-32)40-14-9-36(53(67)65-20-18-38(61)30-65)24-45(40)34-8-16-44(49(59)26-34)52(62)64-39-19-21-66(31-39)54(68)37-10-15-41(43-13-7-33(23-48(43)58)29-56(3,4)70)46(25-37)35-11-17-51(63-5)50(60)27-35/h6-17,22-27,38-39,69-70H,18-21,28-31,61H2,1-4H3,(H2,62,64)/t38-,39-/m0/s1. The number of aliphatic imine (C=N–C) groups is 1. The van der Waals surface area contributed by atoms with Crippen LogP contribution in [0.3, 0.4) is 0 Å². The molecule has 0 aliphatic carbocycles. The summed E-state index contributed by atoms with van der Waals surface area (Å²) in [6, 6.07) is 26.7. The number of halogens is 4. The number of likely N-dealkylation sites (tertiary alicyclic amines) is 2. The van der Waals surface area contributed by atoms with Gasteiger partial charge in [-0.2, -0.15) is 0 Å². The lowest BCUT2D eigenvalue weighted by molar-refractivity contribution is 0.0783. The van der Waals surface area contributed by atoms with Crippen molar-refractivity contribution in [3.05, 3.63) is 172 Å². The minimum absolute atomic E-state index is 0.00699. The molecule has 70 heavy (non-hydrogen) atoms. The third-order valence-electron chi connectivity index (χ3n) is 12.7. The number of carbonyl (C=O) groups excluding carboxylic acids is 2. The van der Waals surface area contributed by atoms with Crippen LogP contribution in [0.5, 0.6) is 0 Å². The highest BCUT2D eigenvalue weighted by Gasteiger charge is 2.30. The van der Waals surface area contributed by atoms with E-state index in [1.807, 2.05) is 0 Å². The molecule has 2 aliphatic heterocycles. The van der Waals surface area contributed by atoms with E-state index in [0.29, 0.717) is 82.5 Å². The summed E-state index contributed by atoms with van der Waals surface area (Å²) < 4.78 is 63.0. The van der Waals surface area contributed by atoms with Crippen LogP contribution in [-0.4, -0.2) is 87.1 Å². The molecule has 0 unspecified atom stereocenters. The first-order valence-electron chi connectivity index (χ1n) is 23.1. The lowest BCUT2D eigenvalue weighted by Gasteiger charge is -2.20. The Hall–Kier alpha value is -7.18. The Kier molecular flexibility index (Phi) is 13.8. The van der Waals surface area contributed by atoms with Gasteiger partial charge in [0.2, 0.25) is 5.69 Å². The molecule has 6 aromatic carbocycles. The molecular formula is C56H54F4N6O4. The van der Waals surface area contributed by atoms with Crippen molar-refractivity contribution >= 4 is 23.3 Å². The van der Waals surface area contributed by atoms with Crippen LogP contribution in [0.2, 0.25) is 0 Å². The molecular weight excluding hydrogens is 897 g/mol. The first-order valence-corrected chi connectivity index (χ1v) is 23.1. The van der Waals surface area contributed by atoms with Crippen LogP contribution >= 0.6 is 0 Å². The van der Waals surface area contributed by atoms with Gasteiger partial charge in [-0.1, -0.05) is 54.6 Å². The molecule has 0 saturated carbocycles. The van der Waals surface area contributed by atoms with E-state index in [0.717, 1.165) is 0 Å². The number of amides is 2. The highest BCUT2D eigenvalue weighted by atomic mass is 19.1.